The number of carboxylic acid groups (broad SMARTS) is 1. The lowest BCUT2D eigenvalue weighted by Crippen LogP contribution is -2.59. The molecule has 1 heterocycles. The van der Waals surface area contributed by atoms with Crippen LogP contribution in [0.3, 0.4) is 0 Å². The van der Waals surface area contributed by atoms with Crippen molar-refractivity contribution in [2.75, 3.05) is 20.8 Å². The Morgan fingerprint density at radius 1 is 1.04 bits per heavy atom. The lowest BCUT2D eigenvalue weighted by molar-refractivity contribution is -0.298. The van der Waals surface area contributed by atoms with E-state index in [1.807, 2.05) is 0 Å². The number of carbonyl (C=O) groups excluding carboxylic acids is 1. The van der Waals surface area contributed by atoms with E-state index >= 15 is 0 Å². The van der Waals surface area contributed by atoms with Crippen molar-refractivity contribution < 1.29 is 43.9 Å². The standard InChI is InChI=1S/C14H24O9/c1-20-13-11(18)8(23-14(21-2)12(13)19)7-22-10(17)6-4-3-5-9(15)16/h8,11-14,18-19H,3-7H2,1-2H3,(H,15,16). The molecule has 9 nitrogen and oxygen atoms in total. The fourth-order valence-electron chi connectivity index (χ4n) is 2.31. The third-order valence-corrected chi connectivity index (χ3v) is 3.58. The van der Waals surface area contributed by atoms with E-state index in [0.29, 0.717) is 12.8 Å². The molecular weight excluding hydrogens is 312 g/mol. The Balaban J connectivity index is 2.40. The highest BCUT2D eigenvalue weighted by molar-refractivity contribution is 5.69. The van der Waals surface area contributed by atoms with E-state index in [4.69, 9.17) is 24.1 Å². The number of methoxy groups -OCH3 is 2. The molecule has 1 aliphatic rings. The predicted octanol–water partition coefficient (Wildman–Crippen LogP) is -0.717. The second-order valence-corrected chi connectivity index (χ2v) is 5.24. The van der Waals surface area contributed by atoms with Crippen LogP contribution in [0.2, 0.25) is 0 Å². The van der Waals surface area contributed by atoms with E-state index in [9.17, 15) is 19.8 Å². The maximum absolute atomic E-state index is 11.6. The summed E-state index contributed by atoms with van der Waals surface area (Å²) >= 11 is 0. The summed E-state index contributed by atoms with van der Waals surface area (Å²) < 4.78 is 20.4. The van der Waals surface area contributed by atoms with Crippen molar-refractivity contribution in [1.29, 1.82) is 0 Å². The van der Waals surface area contributed by atoms with E-state index < -0.39 is 42.6 Å². The molecular formula is C14H24O9. The van der Waals surface area contributed by atoms with Crippen LogP contribution in [-0.4, -0.2) is 78.8 Å². The van der Waals surface area contributed by atoms with Crippen LogP contribution in [-0.2, 0) is 28.5 Å². The van der Waals surface area contributed by atoms with Crippen LogP contribution in [0.15, 0.2) is 0 Å². The normalized spacial score (nSPS) is 30.9. The molecule has 0 aliphatic carbocycles. The molecule has 0 spiro atoms. The predicted molar refractivity (Wildman–Crippen MR) is 75.5 cm³/mol. The molecule has 23 heavy (non-hydrogen) atoms. The Morgan fingerprint density at radius 3 is 2.26 bits per heavy atom. The summed E-state index contributed by atoms with van der Waals surface area (Å²) in [6, 6.07) is 0. The number of ether oxygens (including phenoxy) is 4. The van der Waals surface area contributed by atoms with Crippen molar-refractivity contribution in [3.8, 4) is 0 Å². The summed E-state index contributed by atoms with van der Waals surface area (Å²) in [5.74, 6) is -1.42. The minimum absolute atomic E-state index is 0.000651. The number of aliphatic carboxylic acids is 1. The van der Waals surface area contributed by atoms with Crippen molar-refractivity contribution in [2.45, 2.75) is 56.4 Å². The van der Waals surface area contributed by atoms with Crippen LogP contribution in [0.1, 0.15) is 25.7 Å². The molecule has 1 fully saturated rings. The average molecular weight is 336 g/mol. The van der Waals surface area contributed by atoms with Crippen molar-refractivity contribution in [3.63, 3.8) is 0 Å². The summed E-state index contributed by atoms with van der Waals surface area (Å²) in [5, 5.41) is 28.5. The molecule has 0 saturated carbocycles. The van der Waals surface area contributed by atoms with Crippen LogP contribution in [0.5, 0.6) is 0 Å². The topological polar surface area (TPSA) is 132 Å². The van der Waals surface area contributed by atoms with E-state index in [0.717, 1.165) is 0 Å². The Morgan fingerprint density at radius 2 is 1.70 bits per heavy atom. The first-order valence-electron chi connectivity index (χ1n) is 7.35. The highest BCUT2D eigenvalue weighted by Gasteiger charge is 2.45. The number of aliphatic hydroxyl groups is 2. The molecule has 0 aromatic rings. The quantitative estimate of drug-likeness (QED) is 0.369. The molecule has 134 valence electrons. The fraction of sp³-hybridized carbons (Fsp3) is 0.857. The van der Waals surface area contributed by atoms with Gasteiger partial charge in [-0.25, -0.2) is 0 Å². The van der Waals surface area contributed by atoms with Crippen LogP contribution in [0, 0.1) is 0 Å². The van der Waals surface area contributed by atoms with Crippen LogP contribution in [0.4, 0.5) is 0 Å². The van der Waals surface area contributed by atoms with Crippen molar-refractivity contribution in [3.05, 3.63) is 0 Å². The summed E-state index contributed by atoms with van der Waals surface area (Å²) in [6.45, 7) is -0.217. The molecule has 9 heteroatoms. The summed E-state index contributed by atoms with van der Waals surface area (Å²) in [7, 11) is 2.67. The number of aliphatic hydroxyl groups excluding tert-OH is 2. The monoisotopic (exact) mass is 336 g/mol. The van der Waals surface area contributed by atoms with E-state index in [2.05, 4.69) is 0 Å². The molecule has 3 N–H and O–H groups in total. The molecule has 5 atom stereocenters. The molecule has 1 rings (SSSR count). The van der Waals surface area contributed by atoms with Crippen LogP contribution < -0.4 is 0 Å². The van der Waals surface area contributed by atoms with Gasteiger partial charge in [0.15, 0.2) is 6.29 Å². The van der Waals surface area contributed by atoms with E-state index in [1.165, 1.54) is 14.2 Å². The minimum Gasteiger partial charge on any atom is -0.481 e. The van der Waals surface area contributed by atoms with Gasteiger partial charge in [0.25, 0.3) is 0 Å². The lowest BCUT2D eigenvalue weighted by atomic mass is 9.99. The van der Waals surface area contributed by atoms with Gasteiger partial charge < -0.3 is 34.3 Å². The minimum atomic E-state index is -1.18. The van der Waals surface area contributed by atoms with Gasteiger partial charge in [-0.3, -0.25) is 9.59 Å². The highest BCUT2D eigenvalue weighted by Crippen LogP contribution is 2.24. The molecule has 0 aromatic heterocycles. The summed E-state index contributed by atoms with van der Waals surface area (Å²) in [5.41, 5.74) is 0. The molecule has 5 unspecified atom stereocenters. The van der Waals surface area contributed by atoms with Crippen LogP contribution >= 0.6 is 0 Å². The van der Waals surface area contributed by atoms with Crippen LogP contribution in [0.25, 0.3) is 0 Å². The first-order chi connectivity index (χ1) is 10.9. The van der Waals surface area contributed by atoms with Gasteiger partial charge in [-0.05, 0) is 12.8 Å². The molecule has 0 aromatic carbocycles. The number of esters is 1. The Bertz CT molecular complexity index is 386. The van der Waals surface area contributed by atoms with Gasteiger partial charge in [-0.2, -0.15) is 0 Å². The average Bonchev–Trinajstić information content (AvgIpc) is 2.51. The van der Waals surface area contributed by atoms with Gasteiger partial charge in [0.05, 0.1) is 0 Å². The Hall–Kier alpha value is -1.26. The number of unbranched alkanes of at least 4 members (excludes halogenated alkanes) is 1. The SMILES string of the molecule is COC1OC(COC(=O)CCCCC(=O)O)C(O)C(OC)C1O. The molecule has 0 bridgehead atoms. The number of carboxylic acids is 1. The zero-order valence-corrected chi connectivity index (χ0v) is 13.2. The van der Waals surface area contributed by atoms with Gasteiger partial charge in [-0.15, -0.1) is 0 Å². The van der Waals surface area contributed by atoms with Gasteiger partial charge in [0, 0.05) is 27.1 Å². The zero-order chi connectivity index (χ0) is 17.4. The molecule has 0 amide bonds. The van der Waals surface area contributed by atoms with Crippen molar-refractivity contribution >= 4 is 11.9 Å². The number of rotatable bonds is 9. The molecule has 1 aliphatic heterocycles. The summed E-state index contributed by atoms with van der Waals surface area (Å²) in [4.78, 5) is 21.9. The largest absolute Gasteiger partial charge is 0.481 e. The van der Waals surface area contributed by atoms with Gasteiger partial charge >= 0.3 is 11.9 Å². The first-order valence-corrected chi connectivity index (χ1v) is 7.35. The van der Waals surface area contributed by atoms with Crippen molar-refractivity contribution in [2.24, 2.45) is 0 Å². The lowest BCUT2D eigenvalue weighted by Gasteiger charge is -2.40. The maximum Gasteiger partial charge on any atom is 0.305 e. The third-order valence-electron chi connectivity index (χ3n) is 3.58. The van der Waals surface area contributed by atoms with Gasteiger partial charge in [-0.1, -0.05) is 0 Å². The number of hydrogen-bond acceptors (Lipinski definition) is 8. The summed E-state index contributed by atoms with van der Waals surface area (Å²) in [6.07, 6.45) is -4.28. The van der Waals surface area contributed by atoms with Gasteiger partial charge in [0.2, 0.25) is 0 Å². The second kappa shape index (κ2) is 9.78. The maximum atomic E-state index is 11.6. The number of hydrogen-bond donors (Lipinski definition) is 3. The fourth-order valence-corrected chi connectivity index (χ4v) is 2.31. The van der Waals surface area contributed by atoms with Crippen molar-refractivity contribution in [1.82, 2.24) is 0 Å². The molecule has 0 radical (unpaired) electrons. The Labute approximate surface area is 134 Å². The number of carbonyl (C=O) groups is 2. The Kier molecular flexibility index (Phi) is 8.42. The smallest absolute Gasteiger partial charge is 0.305 e. The molecule has 1 saturated heterocycles. The zero-order valence-electron chi connectivity index (χ0n) is 13.2. The highest BCUT2D eigenvalue weighted by atomic mass is 16.7. The van der Waals surface area contributed by atoms with E-state index in [-0.39, 0.29) is 19.4 Å². The van der Waals surface area contributed by atoms with E-state index in [1.54, 1.807) is 0 Å². The van der Waals surface area contributed by atoms with Gasteiger partial charge in [0.1, 0.15) is 31.0 Å². The first kappa shape index (κ1) is 19.8. The second-order valence-electron chi connectivity index (χ2n) is 5.24. The third kappa shape index (κ3) is 6.04.